The van der Waals surface area contributed by atoms with Crippen molar-refractivity contribution in [1.29, 1.82) is 0 Å². The quantitative estimate of drug-likeness (QED) is 0.494. The first kappa shape index (κ1) is 15.7. The maximum absolute atomic E-state index is 14.6. The molecule has 0 atom stereocenters. The van der Waals surface area contributed by atoms with Gasteiger partial charge in [-0.25, -0.2) is 4.39 Å². The first-order valence-corrected chi connectivity index (χ1v) is 8.64. The van der Waals surface area contributed by atoms with Crippen molar-refractivity contribution in [3.8, 4) is 21.6 Å². The molecule has 0 radical (unpaired) electrons. The van der Waals surface area contributed by atoms with Gasteiger partial charge >= 0.3 is 0 Å². The maximum Gasteiger partial charge on any atom is 0.132 e. The van der Waals surface area contributed by atoms with Gasteiger partial charge in [-0.3, -0.25) is 0 Å². The zero-order chi connectivity index (χ0) is 16.2. The van der Waals surface area contributed by atoms with E-state index in [0.29, 0.717) is 5.56 Å². The first-order valence-electron chi connectivity index (χ1n) is 7.83. The molecule has 1 heterocycles. The molecule has 0 aliphatic carbocycles. The zero-order valence-corrected chi connectivity index (χ0v) is 14.2. The van der Waals surface area contributed by atoms with Crippen LogP contribution in [-0.2, 0) is 6.42 Å². The van der Waals surface area contributed by atoms with Crippen molar-refractivity contribution in [2.45, 2.75) is 20.3 Å². The Morgan fingerprint density at radius 2 is 1.70 bits per heavy atom. The van der Waals surface area contributed by atoms with Gasteiger partial charge in [0.2, 0.25) is 0 Å². The highest BCUT2D eigenvalue weighted by Crippen LogP contribution is 2.33. The summed E-state index contributed by atoms with van der Waals surface area (Å²) in [6.45, 7) is 4.12. The van der Waals surface area contributed by atoms with E-state index < -0.39 is 0 Å². The molecular formula is C21H19FS. The van der Waals surface area contributed by atoms with Crippen molar-refractivity contribution in [3.63, 3.8) is 0 Å². The molecule has 0 amide bonds. The number of thiophene rings is 1. The van der Waals surface area contributed by atoms with Crippen molar-refractivity contribution in [1.82, 2.24) is 0 Å². The molecule has 0 spiro atoms. The van der Waals surface area contributed by atoms with Gasteiger partial charge in [0.05, 0.1) is 0 Å². The summed E-state index contributed by atoms with van der Waals surface area (Å²) in [4.78, 5) is 2.10. The van der Waals surface area contributed by atoms with Crippen molar-refractivity contribution in [2.75, 3.05) is 0 Å². The van der Waals surface area contributed by atoms with Gasteiger partial charge in [0.1, 0.15) is 5.82 Å². The molecule has 116 valence electrons. The highest BCUT2D eigenvalue weighted by Gasteiger charge is 2.09. The molecule has 0 nitrogen and oxygen atoms in total. The predicted molar refractivity (Wildman–Crippen MR) is 99.2 cm³/mol. The number of rotatable bonds is 4. The Labute approximate surface area is 140 Å². The fourth-order valence-electron chi connectivity index (χ4n) is 2.58. The monoisotopic (exact) mass is 322 g/mol. The summed E-state index contributed by atoms with van der Waals surface area (Å²) in [6.07, 6.45) is 5.05. The average Bonchev–Trinajstić information content (AvgIpc) is 3.03. The Morgan fingerprint density at radius 3 is 2.35 bits per heavy atom. The van der Waals surface area contributed by atoms with Crippen LogP contribution in [0.2, 0.25) is 0 Å². The predicted octanol–water partition coefficient (Wildman–Crippen LogP) is 6.82. The fraction of sp³-hybridized carbons (Fsp3) is 0.143. The van der Waals surface area contributed by atoms with Gasteiger partial charge in [-0.15, -0.1) is 11.3 Å². The summed E-state index contributed by atoms with van der Waals surface area (Å²) >= 11 is 1.60. The highest BCUT2D eigenvalue weighted by atomic mass is 32.1. The lowest BCUT2D eigenvalue weighted by atomic mass is 10.0. The largest absolute Gasteiger partial charge is 0.206 e. The van der Waals surface area contributed by atoms with Crippen LogP contribution in [0.1, 0.15) is 24.3 Å². The lowest BCUT2D eigenvalue weighted by Gasteiger charge is -2.06. The Balaban J connectivity index is 1.93. The van der Waals surface area contributed by atoms with E-state index in [1.54, 1.807) is 17.4 Å². The molecule has 0 unspecified atom stereocenters. The molecule has 23 heavy (non-hydrogen) atoms. The lowest BCUT2D eigenvalue weighted by molar-refractivity contribution is 0.632. The van der Waals surface area contributed by atoms with Crippen molar-refractivity contribution in [2.24, 2.45) is 0 Å². The summed E-state index contributed by atoms with van der Waals surface area (Å²) in [5, 5.41) is 0. The van der Waals surface area contributed by atoms with E-state index >= 15 is 0 Å². The van der Waals surface area contributed by atoms with Gasteiger partial charge in [0, 0.05) is 15.3 Å². The number of hydrogen-bond acceptors (Lipinski definition) is 1. The minimum absolute atomic E-state index is 0.170. The zero-order valence-electron chi connectivity index (χ0n) is 13.3. The van der Waals surface area contributed by atoms with Crippen LogP contribution < -0.4 is 0 Å². The third kappa shape index (κ3) is 3.43. The van der Waals surface area contributed by atoms with E-state index in [1.165, 1.54) is 5.56 Å². The maximum atomic E-state index is 14.6. The van der Waals surface area contributed by atoms with E-state index in [4.69, 9.17) is 0 Å². The van der Waals surface area contributed by atoms with E-state index in [-0.39, 0.29) is 5.82 Å². The summed E-state index contributed by atoms with van der Waals surface area (Å²) in [6, 6.07) is 17.8. The molecule has 0 fully saturated rings. The molecule has 0 N–H and O–H groups in total. The van der Waals surface area contributed by atoms with Crippen LogP contribution in [0.15, 0.2) is 60.7 Å². The Kier molecular flexibility index (Phi) is 4.73. The summed E-state index contributed by atoms with van der Waals surface area (Å²) < 4.78 is 14.6. The fourth-order valence-corrected chi connectivity index (χ4v) is 3.58. The van der Waals surface area contributed by atoms with Gasteiger partial charge in [-0.2, -0.15) is 0 Å². The average molecular weight is 322 g/mol. The first-order chi connectivity index (χ1) is 11.2. The Hall–Kier alpha value is -2.19. The van der Waals surface area contributed by atoms with Gasteiger partial charge < -0.3 is 0 Å². The summed E-state index contributed by atoms with van der Waals surface area (Å²) in [7, 11) is 0. The van der Waals surface area contributed by atoms with Crippen LogP contribution in [0.25, 0.3) is 27.6 Å². The molecule has 0 aliphatic heterocycles. The van der Waals surface area contributed by atoms with E-state index in [1.807, 2.05) is 43.3 Å². The Bertz CT molecular complexity index is 825. The molecule has 2 aromatic carbocycles. The second-order valence-electron chi connectivity index (χ2n) is 5.45. The molecule has 3 aromatic rings. The van der Waals surface area contributed by atoms with Crippen LogP contribution in [0, 0.1) is 5.82 Å². The SMILES string of the molecule is C/C=C/c1ccc(-c2ccc(-c3ccc(CC)cc3)cc2F)s1. The second-order valence-corrected chi connectivity index (χ2v) is 6.56. The molecular weight excluding hydrogens is 303 g/mol. The van der Waals surface area contributed by atoms with Gasteiger partial charge in [-0.05, 0) is 60.4 Å². The number of halogens is 1. The normalized spacial score (nSPS) is 11.3. The molecule has 2 heteroatoms. The Morgan fingerprint density at radius 1 is 0.957 bits per heavy atom. The smallest absolute Gasteiger partial charge is 0.132 e. The minimum atomic E-state index is -0.170. The third-order valence-corrected chi connectivity index (χ3v) is 4.97. The van der Waals surface area contributed by atoms with Crippen LogP contribution in [0.5, 0.6) is 0 Å². The lowest BCUT2D eigenvalue weighted by Crippen LogP contribution is -1.86. The van der Waals surface area contributed by atoms with Gasteiger partial charge in [-0.1, -0.05) is 43.3 Å². The van der Waals surface area contributed by atoms with Gasteiger partial charge in [0.15, 0.2) is 0 Å². The van der Waals surface area contributed by atoms with Gasteiger partial charge in [0.25, 0.3) is 0 Å². The van der Waals surface area contributed by atoms with Crippen molar-refractivity contribution < 1.29 is 4.39 Å². The summed E-state index contributed by atoms with van der Waals surface area (Å²) in [5.41, 5.74) is 3.92. The number of aryl methyl sites for hydroxylation is 1. The molecule has 0 aliphatic rings. The van der Waals surface area contributed by atoms with E-state index in [9.17, 15) is 4.39 Å². The van der Waals surface area contributed by atoms with Crippen LogP contribution in [-0.4, -0.2) is 0 Å². The van der Waals surface area contributed by atoms with Crippen molar-refractivity contribution in [3.05, 3.63) is 76.9 Å². The minimum Gasteiger partial charge on any atom is -0.206 e. The standard InChI is InChI=1S/C21H19FS/c1-3-5-18-11-13-21(23-18)19-12-10-17(14-20(19)22)16-8-6-15(4-2)7-9-16/h3,5-14H,4H2,1-2H3/b5-3+. The van der Waals surface area contributed by atoms with E-state index in [2.05, 4.69) is 31.2 Å². The third-order valence-electron chi connectivity index (χ3n) is 3.89. The van der Waals surface area contributed by atoms with E-state index in [0.717, 1.165) is 27.3 Å². The second kappa shape index (κ2) is 6.93. The van der Waals surface area contributed by atoms with Crippen LogP contribution >= 0.6 is 11.3 Å². The molecule has 3 rings (SSSR count). The van der Waals surface area contributed by atoms with Crippen LogP contribution in [0.4, 0.5) is 4.39 Å². The number of benzene rings is 2. The van der Waals surface area contributed by atoms with Crippen molar-refractivity contribution >= 4 is 17.4 Å². The molecule has 1 aromatic heterocycles. The molecule has 0 bridgehead atoms. The molecule has 0 saturated heterocycles. The van der Waals surface area contributed by atoms with Crippen LogP contribution in [0.3, 0.4) is 0 Å². The molecule has 0 saturated carbocycles. The number of allylic oxidation sites excluding steroid dienone is 1. The summed E-state index contributed by atoms with van der Waals surface area (Å²) in [5.74, 6) is -0.170. The highest BCUT2D eigenvalue weighted by molar-refractivity contribution is 7.16. The number of hydrogen-bond donors (Lipinski definition) is 0. The topological polar surface area (TPSA) is 0 Å².